The number of nitrogen functional groups attached to an aromatic ring is 1. The summed E-state index contributed by atoms with van der Waals surface area (Å²) in [6.07, 6.45) is 4.43. The van der Waals surface area contributed by atoms with Crippen molar-refractivity contribution in [2.75, 3.05) is 12.3 Å². The summed E-state index contributed by atoms with van der Waals surface area (Å²) < 4.78 is 29.2. The number of hydrogen-bond donors (Lipinski definition) is 1. The second kappa shape index (κ2) is 5.26. The average Bonchev–Trinajstić information content (AvgIpc) is 3.01. The molecule has 2 heterocycles. The van der Waals surface area contributed by atoms with Crippen molar-refractivity contribution in [3.05, 3.63) is 11.6 Å². The fourth-order valence-electron chi connectivity index (χ4n) is 2.40. The molecule has 116 valence electrons. The molecule has 0 saturated heterocycles. The molecular formula is C13H20N4O2S2. The maximum absolute atomic E-state index is 13.0. The molecule has 0 bridgehead atoms. The largest absolute Gasteiger partial charge is 0.381 e. The number of thiazole rings is 1. The van der Waals surface area contributed by atoms with Gasteiger partial charge < -0.3 is 5.73 Å². The highest BCUT2D eigenvalue weighted by atomic mass is 32.2. The van der Waals surface area contributed by atoms with Gasteiger partial charge in [-0.3, -0.25) is 4.40 Å². The highest BCUT2D eigenvalue weighted by Gasteiger charge is 2.40. The predicted molar refractivity (Wildman–Crippen MR) is 83.9 cm³/mol. The fraction of sp³-hybridized carbons (Fsp3) is 0.615. The van der Waals surface area contributed by atoms with Gasteiger partial charge in [0, 0.05) is 24.2 Å². The van der Waals surface area contributed by atoms with Crippen molar-refractivity contribution in [2.24, 2.45) is 5.92 Å². The van der Waals surface area contributed by atoms with Crippen molar-refractivity contribution < 1.29 is 8.42 Å². The fourth-order valence-corrected chi connectivity index (χ4v) is 5.05. The van der Waals surface area contributed by atoms with Gasteiger partial charge >= 0.3 is 0 Å². The number of rotatable bonds is 6. The van der Waals surface area contributed by atoms with E-state index < -0.39 is 10.0 Å². The summed E-state index contributed by atoms with van der Waals surface area (Å²) in [7, 11) is -3.60. The first-order valence-corrected chi connectivity index (χ1v) is 9.46. The molecule has 6 nitrogen and oxygen atoms in total. The van der Waals surface area contributed by atoms with Crippen LogP contribution in [0, 0.1) is 5.92 Å². The monoisotopic (exact) mass is 328 g/mol. The van der Waals surface area contributed by atoms with Crippen LogP contribution in [0.2, 0.25) is 0 Å². The van der Waals surface area contributed by atoms with Crippen molar-refractivity contribution in [3.63, 3.8) is 0 Å². The topological polar surface area (TPSA) is 80.7 Å². The molecule has 1 saturated carbocycles. The Morgan fingerprint density at radius 1 is 1.52 bits per heavy atom. The average molecular weight is 328 g/mol. The molecule has 2 aromatic heterocycles. The number of aromatic nitrogens is 2. The van der Waals surface area contributed by atoms with E-state index in [1.807, 2.05) is 5.38 Å². The van der Waals surface area contributed by atoms with E-state index in [4.69, 9.17) is 5.73 Å². The molecule has 2 N–H and O–H groups in total. The van der Waals surface area contributed by atoms with Gasteiger partial charge in [0.15, 0.2) is 15.8 Å². The Hall–Kier alpha value is -1.12. The second-order valence-electron chi connectivity index (χ2n) is 5.89. The maximum Gasteiger partial charge on any atom is 0.263 e. The van der Waals surface area contributed by atoms with Crippen LogP contribution in [0.5, 0.6) is 0 Å². The minimum atomic E-state index is -3.60. The van der Waals surface area contributed by atoms with Gasteiger partial charge in [-0.25, -0.2) is 13.4 Å². The van der Waals surface area contributed by atoms with E-state index in [9.17, 15) is 8.42 Å². The summed E-state index contributed by atoms with van der Waals surface area (Å²) in [5.74, 6) is 0.558. The standard InChI is InChI=1S/C13H20N4O2S2/c1-9(2)5-6-17(10-3-4-10)21(18,19)12-11(14)15-13-16(12)7-8-20-13/h7-10H,3-6,14H2,1-2H3. The van der Waals surface area contributed by atoms with Crippen molar-refractivity contribution in [1.29, 1.82) is 0 Å². The summed E-state index contributed by atoms with van der Waals surface area (Å²) in [5, 5.41) is 1.94. The van der Waals surface area contributed by atoms with Crippen molar-refractivity contribution >= 4 is 32.1 Å². The molecule has 1 aliphatic carbocycles. The molecule has 0 atom stereocenters. The Morgan fingerprint density at radius 2 is 2.24 bits per heavy atom. The van der Waals surface area contributed by atoms with E-state index in [-0.39, 0.29) is 16.9 Å². The molecule has 1 fully saturated rings. The Balaban J connectivity index is 2.00. The van der Waals surface area contributed by atoms with Crippen LogP contribution in [0.25, 0.3) is 4.96 Å². The predicted octanol–water partition coefficient (Wildman–Crippen LogP) is 2.18. The van der Waals surface area contributed by atoms with E-state index in [1.165, 1.54) is 11.3 Å². The molecule has 0 unspecified atom stereocenters. The highest BCUT2D eigenvalue weighted by Crippen LogP contribution is 2.35. The smallest absolute Gasteiger partial charge is 0.263 e. The number of hydrogen-bond acceptors (Lipinski definition) is 5. The Labute approximate surface area is 128 Å². The SMILES string of the molecule is CC(C)CCN(C1CC1)S(=O)(=O)c1c(N)nc2sccn12. The van der Waals surface area contributed by atoms with Crippen LogP contribution in [0.1, 0.15) is 33.1 Å². The molecule has 0 radical (unpaired) electrons. The molecular weight excluding hydrogens is 308 g/mol. The first-order chi connectivity index (χ1) is 9.91. The minimum absolute atomic E-state index is 0.0945. The van der Waals surface area contributed by atoms with Crippen LogP contribution in [-0.4, -0.2) is 34.7 Å². The quantitative estimate of drug-likeness (QED) is 0.881. The third-order valence-electron chi connectivity index (χ3n) is 3.68. The number of imidazole rings is 1. The maximum atomic E-state index is 13.0. The van der Waals surface area contributed by atoms with Crippen molar-refractivity contribution in [2.45, 2.75) is 44.2 Å². The Kier molecular flexibility index (Phi) is 3.71. The molecule has 3 rings (SSSR count). The van der Waals surface area contributed by atoms with Gasteiger partial charge in [0.1, 0.15) is 0 Å². The van der Waals surface area contributed by atoms with Gasteiger partial charge in [-0.15, -0.1) is 11.3 Å². The van der Waals surface area contributed by atoms with Gasteiger partial charge in [-0.05, 0) is 25.2 Å². The van der Waals surface area contributed by atoms with E-state index >= 15 is 0 Å². The minimum Gasteiger partial charge on any atom is -0.381 e. The lowest BCUT2D eigenvalue weighted by Gasteiger charge is -2.22. The van der Waals surface area contributed by atoms with Crippen molar-refractivity contribution in [1.82, 2.24) is 13.7 Å². The lowest BCUT2D eigenvalue weighted by atomic mass is 10.1. The van der Waals surface area contributed by atoms with Gasteiger partial charge in [0.05, 0.1) is 0 Å². The zero-order valence-corrected chi connectivity index (χ0v) is 13.8. The molecule has 1 aliphatic rings. The Morgan fingerprint density at radius 3 is 2.86 bits per heavy atom. The van der Waals surface area contributed by atoms with Gasteiger partial charge in [0.25, 0.3) is 10.0 Å². The molecule has 0 aliphatic heterocycles. The zero-order chi connectivity index (χ0) is 15.2. The van der Waals surface area contributed by atoms with Crippen LogP contribution in [0.4, 0.5) is 5.82 Å². The van der Waals surface area contributed by atoms with Gasteiger partial charge in [-0.2, -0.15) is 4.31 Å². The first-order valence-electron chi connectivity index (χ1n) is 7.14. The molecule has 2 aromatic rings. The number of sulfonamides is 1. The number of anilines is 1. The summed E-state index contributed by atoms with van der Waals surface area (Å²) in [5.41, 5.74) is 5.87. The van der Waals surface area contributed by atoms with Crippen LogP contribution in [0.3, 0.4) is 0 Å². The third kappa shape index (κ3) is 2.67. The Bertz CT molecular complexity index is 743. The summed E-state index contributed by atoms with van der Waals surface area (Å²) >= 11 is 1.38. The lowest BCUT2D eigenvalue weighted by molar-refractivity contribution is 0.372. The van der Waals surface area contributed by atoms with Gasteiger partial charge in [0.2, 0.25) is 0 Å². The normalized spacial score (nSPS) is 16.4. The number of nitrogens with zero attached hydrogens (tertiary/aromatic N) is 3. The zero-order valence-electron chi connectivity index (χ0n) is 12.2. The molecule has 0 amide bonds. The first kappa shape index (κ1) is 14.8. The van der Waals surface area contributed by atoms with Crippen molar-refractivity contribution in [3.8, 4) is 0 Å². The van der Waals surface area contributed by atoms with E-state index in [0.29, 0.717) is 17.4 Å². The second-order valence-corrected chi connectivity index (χ2v) is 8.57. The lowest BCUT2D eigenvalue weighted by Crippen LogP contribution is -2.35. The van der Waals surface area contributed by atoms with Gasteiger partial charge in [-0.1, -0.05) is 13.8 Å². The third-order valence-corrected chi connectivity index (χ3v) is 6.43. The molecule has 0 aromatic carbocycles. The molecule has 21 heavy (non-hydrogen) atoms. The van der Waals surface area contributed by atoms with Crippen LogP contribution in [-0.2, 0) is 10.0 Å². The molecule has 8 heteroatoms. The van der Waals surface area contributed by atoms with Crippen LogP contribution in [0.15, 0.2) is 16.6 Å². The van der Waals surface area contributed by atoms with E-state index in [0.717, 1.165) is 19.3 Å². The van der Waals surface area contributed by atoms with Crippen LogP contribution >= 0.6 is 11.3 Å². The number of fused-ring (bicyclic) bond motifs is 1. The summed E-state index contributed by atoms with van der Waals surface area (Å²) in [4.78, 5) is 4.77. The van der Waals surface area contributed by atoms with E-state index in [2.05, 4.69) is 18.8 Å². The van der Waals surface area contributed by atoms with Crippen LogP contribution < -0.4 is 5.73 Å². The highest BCUT2D eigenvalue weighted by molar-refractivity contribution is 7.89. The number of nitrogens with two attached hydrogens (primary N) is 1. The van der Waals surface area contributed by atoms with E-state index in [1.54, 1.807) is 14.9 Å². The summed E-state index contributed by atoms with van der Waals surface area (Å²) in [6, 6.07) is 0.123. The summed E-state index contributed by atoms with van der Waals surface area (Å²) in [6.45, 7) is 4.74. The molecule has 0 spiro atoms.